The van der Waals surface area contributed by atoms with Crippen LogP contribution in [-0.4, -0.2) is 37.5 Å². The number of carbonyl (C=O) groups excluding carboxylic acids is 1. The van der Waals surface area contributed by atoms with Crippen LogP contribution in [0.5, 0.6) is 0 Å². The maximum atomic E-state index is 11.7. The molecule has 0 aromatic carbocycles. The molecule has 0 saturated carbocycles. The van der Waals surface area contributed by atoms with Crippen molar-refractivity contribution in [1.82, 2.24) is 10.2 Å². The maximum absolute atomic E-state index is 11.7. The van der Waals surface area contributed by atoms with Gasteiger partial charge in [-0.25, -0.2) is 0 Å². The van der Waals surface area contributed by atoms with Gasteiger partial charge >= 0.3 is 0 Å². The smallest absolute Gasteiger partial charge is 0.256 e. The van der Waals surface area contributed by atoms with Crippen LogP contribution in [0.2, 0.25) is 5.22 Å². The lowest BCUT2D eigenvalue weighted by molar-refractivity contribution is 0.0936. The Hall–Kier alpha value is -1.00. The number of rotatable bonds is 5. The normalized spacial score (nSPS) is 12.8. The zero-order valence-electron chi connectivity index (χ0n) is 9.79. The molecule has 0 bridgehead atoms. The summed E-state index contributed by atoms with van der Waals surface area (Å²) < 4.78 is 4.86. The summed E-state index contributed by atoms with van der Waals surface area (Å²) in [6.07, 6.45) is 2.30. The third-order valence-corrected chi connectivity index (χ3v) is 2.54. The molecular weight excluding hydrogens is 228 g/mol. The highest BCUT2D eigenvalue weighted by atomic mass is 35.5. The Morgan fingerprint density at radius 1 is 1.62 bits per heavy atom. The Bertz CT molecular complexity index is 350. The van der Waals surface area contributed by atoms with Crippen molar-refractivity contribution in [2.24, 2.45) is 0 Å². The van der Waals surface area contributed by atoms with E-state index in [1.807, 2.05) is 21.0 Å². The van der Waals surface area contributed by atoms with E-state index in [-0.39, 0.29) is 17.2 Å². The van der Waals surface area contributed by atoms with Gasteiger partial charge < -0.3 is 14.6 Å². The third kappa shape index (κ3) is 3.87. The summed E-state index contributed by atoms with van der Waals surface area (Å²) in [6.45, 7) is 2.90. The molecule has 0 aliphatic carbocycles. The van der Waals surface area contributed by atoms with Gasteiger partial charge in [-0.3, -0.25) is 4.79 Å². The van der Waals surface area contributed by atoms with Gasteiger partial charge in [0.25, 0.3) is 5.91 Å². The summed E-state index contributed by atoms with van der Waals surface area (Å²) >= 11 is 5.71. The highest BCUT2D eigenvalue weighted by molar-refractivity contribution is 6.32. The molecule has 0 spiro atoms. The van der Waals surface area contributed by atoms with Crippen LogP contribution >= 0.6 is 11.6 Å². The molecule has 0 aliphatic rings. The summed E-state index contributed by atoms with van der Waals surface area (Å²) in [7, 11) is 4.00. The van der Waals surface area contributed by atoms with Crippen molar-refractivity contribution in [2.75, 3.05) is 20.6 Å². The van der Waals surface area contributed by atoms with E-state index in [9.17, 15) is 4.79 Å². The van der Waals surface area contributed by atoms with Crippen LogP contribution in [0, 0.1) is 0 Å². The van der Waals surface area contributed by atoms with E-state index in [1.165, 1.54) is 6.26 Å². The molecule has 1 rings (SSSR count). The van der Waals surface area contributed by atoms with Crippen LogP contribution in [0.3, 0.4) is 0 Å². The second-order valence-electron chi connectivity index (χ2n) is 4.07. The Labute approximate surface area is 101 Å². The van der Waals surface area contributed by atoms with Crippen molar-refractivity contribution in [1.29, 1.82) is 0 Å². The van der Waals surface area contributed by atoms with E-state index in [2.05, 4.69) is 10.2 Å². The lowest BCUT2D eigenvalue weighted by atomic mass is 10.2. The average Bonchev–Trinajstić information content (AvgIpc) is 2.61. The molecule has 1 N–H and O–H groups in total. The minimum Gasteiger partial charge on any atom is -0.452 e. The average molecular weight is 245 g/mol. The van der Waals surface area contributed by atoms with Gasteiger partial charge in [0.15, 0.2) is 0 Å². The molecule has 90 valence electrons. The van der Waals surface area contributed by atoms with Crippen molar-refractivity contribution in [3.63, 3.8) is 0 Å². The molecule has 0 saturated heterocycles. The van der Waals surface area contributed by atoms with Crippen molar-refractivity contribution < 1.29 is 9.21 Å². The molecule has 1 aromatic heterocycles. The molecule has 1 heterocycles. The molecule has 1 aromatic rings. The quantitative estimate of drug-likeness (QED) is 0.862. The molecular formula is C11H17ClN2O2. The highest BCUT2D eigenvalue weighted by Gasteiger charge is 2.14. The largest absolute Gasteiger partial charge is 0.452 e. The number of halogens is 1. The summed E-state index contributed by atoms with van der Waals surface area (Å²) in [5.74, 6) is -0.190. The molecule has 1 atom stereocenters. The van der Waals surface area contributed by atoms with Crippen LogP contribution < -0.4 is 5.32 Å². The fourth-order valence-corrected chi connectivity index (χ4v) is 1.48. The number of hydrogen-bond acceptors (Lipinski definition) is 3. The molecule has 16 heavy (non-hydrogen) atoms. The summed E-state index contributed by atoms with van der Waals surface area (Å²) in [5, 5.41) is 3.00. The number of nitrogens with one attached hydrogen (secondary N) is 1. The zero-order chi connectivity index (χ0) is 12.1. The Morgan fingerprint density at radius 3 is 2.81 bits per heavy atom. The second kappa shape index (κ2) is 5.92. The van der Waals surface area contributed by atoms with Crippen LogP contribution in [-0.2, 0) is 0 Å². The lowest BCUT2D eigenvalue weighted by Crippen LogP contribution is -2.34. The van der Waals surface area contributed by atoms with Gasteiger partial charge in [-0.1, -0.05) is 0 Å². The van der Waals surface area contributed by atoms with Gasteiger partial charge in [0.05, 0.1) is 11.8 Å². The predicted molar refractivity (Wildman–Crippen MR) is 63.8 cm³/mol. The minimum atomic E-state index is -0.190. The van der Waals surface area contributed by atoms with Crippen LogP contribution in [0.25, 0.3) is 0 Å². The van der Waals surface area contributed by atoms with Gasteiger partial charge in [0.2, 0.25) is 5.22 Å². The summed E-state index contributed by atoms with van der Waals surface area (Å²) in [6, 6.07) is 1.68. The second-order valence-corrected chi connectivity index (χ2v) is 4.42. The topological polar surface area (TPSA) is 45.5 Å². The molecule has 0 aliphatic heterocycles. The van der Waals surface area contributed by atoms with E-state index in [4.69, 9.17) is 16.0 Å². The van der Waals surface area contributed by atoms with Crippen molar-refractivity contribution in [2.45, 2.75) is 19.4 Å². The van der Waals surface area contributed by atoms with Gasteiger partial charge in [0.1, 0.15) is 0 Å². The fraction of sp³-hybridized carbons (Fsp3) is 0.545. The van der Waals surface area contributed by atoms with Gasteiger partial charge in [0, 0.05) is 6.04 Å². The molecule has 5 heteroatoms. The SMILES string of the molecule is CC(CCN(C)C)NC(=O)c1ccoc1Cl. The first-order valence-electron chi connectivity index (χ1n) is 5.19. The van der Waals surface area contributed by atoms with E-state index >= 15 is 0 Å². The fourth-order valence-electron chi connectivity index (χ4n) is 1.28. The van der Waals surface area contributed by atoms with Crippen LogP contribution in [0.4, 0.5) is 0 Å². The maximum Gasteiger partial charge on any atom is 0.256 e. The van der Waals surface area contributed by atoms with Gasteiger partial charge in [-0.2, -0.15) is 0 Å². The number of furan rings is 1. The number of hydrogen-bond donors (Lipinski definition) is 1. The van der Waals surface area contributed by atoms with Gasteiger partial charge in [-0.05, 0) is 51.7 Å². The van der Waals surface area contributed by atoms with E-state index in [0.717, 1.165) is 13.0 Å². The van der Waals surface area contributed by atoms with Crippen LogP contribution in [0.15, 0.2) is 16.7 Å². The highest BCUT2D eigenvalue weighted by Crippen LogP contribution is 2.16. The van der Waals surface area contributed by atoms with E-state index in [1.54, 1.807) is 6.07 Å². The molecule has 1 amide bonds. The Kier molecular flexibility index (Phi) is 4.83. The Morgan fingerprint density at radius 2 is 2.31 bits per heavy atom. The number of amides is 1. The molecule has 0 radical (unpaired) electrons. The van der Waals surface area contributed by atoms with Crippen LogP contribution in [0.1, 0.15) is 23.7 Å². The summed E-state index contributed by atoms with van der Waals surface area (Å²) in [4.78, 5) is 13.8. The van der Waals surface area contributed by atoms with Gasteiger partial charge in [-0.15, -0.1) is 0 Å². The first-order chi connectivity index (χ1) is 7.50. The number of nitrogens with zero attached hydrogens (tertiary/aromatic N) is 1. The third-order valence-electron chi connectivity index (χ3n) is 2.25. The van der Waals surface area contributed by atoms with Crippen molar-refractivity contribution in [3.05, 3.63) is 23.1 Å². The minimum absolute atomic E-state index is 0.112. The summed E-state index contributed by atoms with van der Waals surface area (Å²) in [5.41, 5.74) is 0.387. The standard InChI is InChI=1S/C11H17ClN2O2/c1-8(4-6-14(2)3)13-11(15)9-5-7-16-10(9)12/h5,7-8H,4,6H2,1-3H3,(H,13,15). The van der Waals surface area contributed by atoms with Crippen molar-refractivity contribution in [3.8, 4) is 0 Å². The zero-order valence-corrected chi connectivity index (χ0v) is 10.5. The predicted octanol–water partition coefficient (Wildman–Crippen LogP) is 2.00. The first kappa shape index (κ1) is 13.1. The molecule has 1 unspecified atom stereocenters. The first-order valence-corrected chi connectivity index (χ1v) is 5.57. The monoisotopic (exact) mass is 244 g/mol. The molecule has 4 nitrogen and oxygen atoms in total. The van der Waals surface area contributed by atoms with E-state index < -0.39 is 0 Å². The van der Waals surface area contributed by atoms with E-state index in [0.29, 0.717) is 5.56 Å². The number of carbonyl (C=O) groups is 1. The van der Waals surface area contributed by atoms with Crippen molar-refractivity contribution >= 4 is 17.5 Å². The molecule has 0 fully saturated rings. The lowest BCUT2D eigenvalue weighted by Gasteiger charge is -2.16. The Balaban J connectivity index is 2.43.